The minimum absolute atomic E-state index is 0.108. The van der Waals surface area contributed by atoms with Crippen molar-refractivity contribution in [2.45, 2.75) is 37.1 Å². The fraction of sp³-hybridized carbons (Fsp3) is 0.500. The summed E-state index contributed by atoms with van der Waals surface area (Å²) in [4.78, 5) is 11.5. The van der Waals surface area contributed by atoms with E-state index in [0.717, 1.165) is 26.2 Å². The summed E-state index contributed by atoms with van der Waals surface area (Å²) in [5.41, 5.74) is 2.37. The van der Waals surface area contributed by atoms with E-state index < -0.39 is 53.5 Å². The van der Waals surface area contributed by atoms with Crippen molar-refractivity contribution in [1.29, 1.82) is 0 Å². The van der Waals surface area contributed by atoms with E-state index in [1.165, 1.54) is 0 Å². The normalized spacial score (nSPS) is 28.0. The maximum atomic E-state index is 13.8. The van der Waals surface area contributed by atoms with Crippen molar-refractivity contribution in [3.8, 4) is 5.75 Å². The first-order chi connectivity index (χ1) is 10.5. The topological polar surface area (TPSA) is 61.6 Å². The summed E-state index contributed by atoms with van der Waals surface area (Å²) < 4.78 is 76.1. The van der Waals surface area contributed by atoms with Gasteiger partial charge in [-0.25, -0.2) is 4.39 Å². The minimum atomic E-state index is -4.76. The van der Waals surface area contributed by atoms with Crippen LogP contribution in [0.1, 0.15) is 24.8 Å². The number of halogens is 5. The van der Waals surface area contributed by atoms with Crippen LogP contribution >= 0.6 is 0 Å². The molecule has 0 radical (unpaired) electrons. The third-order valence-electron chi connectivity index (χ3n) is 3.93. The van der Waals surface area contributed by atoms with Crippen LogP contribution in [0.15, 0.2) is 12.1 Å². The lowest BCUT2D eigenvalue weighted by Gasteiger charge is -2.26. The van der Waals surface area contributed by atoms with E-state index in [1.54, 1.807) is 0 Å². The summed E-state index contributed by atoms with van der Waals surface area (Å²) in [7, 11) is 1.04. The summed E-state index contributed by atoms with van der Waals surface area (Å²) >= 11 is 0. The summed E-state index contributed by atoms with van der Waals surface area (Å²) in [6.07, 6.45) is -7.08. The zero-order valence-corrected chi connectivity index (χ0v) is 12.2. The highest BCUT2D eigenvalue weighted by atomic mass is 19.4. The Morgan fingerprint density at radius 3 is 2.48 bits per heavy atom. The van der Waals surface area contributed by atoms with E-state index in [-0.39, 0.29) is 5.56 Å². The molecule has 9 heteroatoms. The molecule has 0 spiro atoms. The van der Waals surface area contributed by atoms with Gasteiger partial charge in [0.05, 0.1) is 7.11 Å². The molecule has 1 aromatic rings. The van der Waals surface area contributed by atoms with Gasteiger partial charge in [0.15, 0.2) is 17.2 Å². The van der Waals surface area contributed by atoms with Gasteiger partial charge in [0.25, 0.3) is 0 Å². The molecule has 1 aliphatic heterocycles. The van der Waals surface area contributed by atoms with Gasteiger partial charge in [-0.2, -0.15) is 17.6 Å². The van der Waals surface area contributed by atoms with E-state index in [1.807, 2.05) is 0 Å². The summed E-state index contributed by atoms with van der Waals surface area (Å²) in [6, 6.07) is 1.80. The number of hydrogen-bond donors (Lipinski definition) is 1. The molecule has 1 heterocycles. The number of ether oxygens (including phenoxy) is 2. The van der Waals surface area contributed by atoms with Crippen molar-refractivity contribution in [1.82, 2.24) is 0 Å². The van der Waals surface area contributed by atoms with Crippen LogP contribution in [0.5, 0.6) is 5.75 Å². The molecule has 0 aromatic heterocycles. The molecule has 2 rings (SSSR count). The standard InChI is InChI=1S/C14H14F5NO3/c1-13(14(17,18)19)5-7(11(23-13)12(20)21)6-3-4-8(15)9(16)10(6)22-2/h3-4,7,11H,5H2,1-2H3,(H2,20,21). The molecule has 1 amide bonds. The number of alkyl halides is 3. The van der Waals surface area contributed by atoms with E-state index in [0.29, 0.717) is 0 Å². The van der Waals surface area contributed by atoms with E-state index in [4.69, 9.17) is 15.2 Å². The third kappa shape index (κ3) is 2.85. The first-order valence-corrected chi connectivity index (χ1v) is 6.57. The average Bonchev–Trinajstić information content (AvgIpc) is 2.81. The quantitative estimate of drug-likeness (QED) is 0.861. The predicted octanol–water partition coefficient (Wildman–Crippen LogP) is 2.65. The van der Waals surface area contributed by atoms with Gasteiger partial charge in [0.1, 0.15) is 6.10 Å². The monoisotopic (exact) mass is 339 g/mol. The van der Waals surface area contributed by atoms with Crippen molar-refractivity contribution in [3.63, 3.8) is 0 Å². The number of benzene rings is 1. The fourth-order valence-corrected chi connectivity index (χ4v) is 2.70. The zero-order valence-electron chi connectivity index (χ0n) is 12.2. The predicted molar refractivity (Wildman–Crippen MR) is 68.8 cm³/mol. The molecular formula is C14H14F5NO3. The maximum absolute atomic E-state index is 13.8. The van der Waals surface area contributed by atoms with Gasteiger partial charge in [-0.3, -0.25) is 4.79 Å². The second kappa shape index (κ2) is 5.63. The molecule has 3 atom stereocenters. The number of carbonyl (C=O) groups is 1. The number of nitrogens with two attached hydrogens (primary N) is 1. The maximum Gasteiger partial charge on any atom is 0.417 e. The Bertz CT molecular complexity index is 634. The summed E-state index contributed by atoms with van der Waals surface area (Å²) in [5.74, 6) is -5.50. The fourth-order valence-electron chi connectivity index (χ4n) is 2.70. The number of amides is 1. The average molecular weight is 339 g/mol. The van der Waals surface area contributed by atoms with Crippen LogP contribution in [-0.2, 0) is 9.53 Å². The Balaban J connectivity index is 2.53. The van der Waals surface area contributed by atoms with Crippen LogP contribution in [0.2, 0.25) is 0 Å². The molecule has 1 aliphatic rings. The van der Waals surface area contributed by atoms with Gasteiger partial charge in [-0.05, 0) is 19.4 Å². The summed E-state index contributed by atoms with van der Waals surface area (Å²) in [5, 5.41) is 0. The highest BCUT2D eigenvalue weighted by molar-refractivity contribution is 5.81. The Labute approximate surface area is 128 Å². The van der Waals surface area contributed by atoms with Crippen molar-refractivity contribution < 1.29 is 36.2 Å². The largest absolute Gasteiger partial charge is 0.493 e. The Kier molecular flexibility index (Phi) is 4.27. The molecule has 2 N–H and O–H groups in total. The number of methoxy groups -OCH3 is 1. The van der Waals surface area contributed by atoms with Crippen molar-refractivity contribution in [2.24, 2.45) is 5.73 Å². The van der Waals surface area contributed by atoms with Crippen LogP contribution in [0.3, 0.4) is 0 Å². The van der Waals surface area contributed by atoms with Crippen LogP contribution < -0.4 is 10.5 Å². The molecule has 4 nitrogen and oxygen atoms in total. The molecular weight excluding hydrogens is 325 g/mol. The smallest absolute Gasteiger partial charge is 0.417 e. The molecule has 0 saturated carbocycles. The van der Waals surface area contributed by atoms with Gasteiger partial charge >= 0.3 is 6.18 Å². The van der Waals surface area contributed by atoms with Crippen LogP contribution in [0, 0.1) is 11.6 Å². The van der Waals surface area contributed by atoms with E-state index in [2.05, 4.69) is 0 Å². The molecule has 0 bridgehead atoms. The molecule has 0 aliphatic carbocycles. The highest BCUT2D eigenvalue weighted by Crippen LogP contribution is 2.51. The van der Waals surface area contributed by atoms with Crippen LogP contribution in [0.25, 0.3) is 0 Å². The molecule has 128 valence electrons. The summed E-state index contributed by atoms with van der Waals surface area (Å²) in [6.45, 7) is 0.773. The molecule has 23 heavy (non-hydrogen) atoms. The van der Waals surface area contributed by atoms with Gasteiger partial charge in [-0.1, -0.05) is 6.07 Å². The Morgan fingerprint density at radius 1 is 1.39 bits per heavy atom. The van der Waals surface area contributed by atoms with Crippen molar-refractivity contribution in [3.05, 3.63) is 29.3 Å². The first-order valence-electron chi connectivity index (χ1n) is 6.57. The van der Waals surface area contributed by atoms with E-state index in [9.17, 15) is 26.7 Å². The van der Waals surface area contributed by atoms with Crippen LogP contribution in [-0.4, -0.2) is 30.9 Å². The number of primary amides is 1. The molecule has 1 fully saturated rings. The number of carbonyl (C=O) groups excluding carboxylic acids is 1. The van der Waals surface area contributed by atoms with Crippen molar-refractivity contribution >= 4 is 5.91 Å². The lowest BCUT2D eigenvalue weighted by Crippen LogP contribution is -2.43. The van der Waals surface area contributed by atoms with Crippen molar-refractivity contribution in [2.75, 3.05) is 7.11 Å². The Hall–Kier alpha value is -1.90. The van der Waals surface area contributed by atoms with Gasteiger partial charge < -0.3 is 15.2 Å². The van der Waals surface area contributed by atoms with Gasteiger partial charge in [-0.15, -0.1) is 0 Å². The third-order valence-corrected chi connectivity index (χ3v) is 3.93. The van der Waals surface area contributed by atoms with E-state index >= 15 is 0 Å². The molecule has 1 saturated heterocycles. The number of hydrogen-bond acceptors (Lipinski definition) is 3. The zero-order chi connectivity index (χ0) is 17.6. The first kappa shape index (κ1) is 17.5. The molecule has 1 aromatic carbocycles. The lowest BCUT2D eigenvalue weighted by atomic mass is 9.86. The lowest BCUT2D eigenvalue weighted by molar-refractivity contribution is -0.262. The SMILES string of the molecule is COc1c(C2CC(C)(C(F)(F)F)OC2C(N)=O)ccc(F)c1F. The second-order valence-corrected chi connectivity index (χ2v) is 5.46. The Morgan fingerprint density at radius 2 is 2.00 bits per heavy atom. The van der Waals surface area contributed by atoms with Gasteiger partial charge in [0.2, 0.25) is 11.7 Å². The minimum Gasteiger partial charge on any atom is -0.493 e. The second-order valence-electron chi connectivity index (χ2n) is 5.46. The van der Waals surface area contributed by atoms with Crippen LogP contribution in [0.4, 0.5) is 22.0 Å². The van der Waals surface area contributed by atoms with Gasteiger partial charge in [0, 0.05) is 11.5 Å². The highest BCUT2D eigenvalue weighted by Gasteiger charge is 2.61. The molecule has 3 unspecified atom stereocenters. The number of rotatable bonds is 3.